The number of aliphatic imine (C=N–C) groups is 1. The van der Waals surface area contributed by atoms with Crippen molar-refractivity contribution in [2.45, 2.75) is 51.8 Å². The van der Waals surface area contributed by atoms with Crippen LogP contribution in [-0.2, 0) is 4.74 Å². The predicted molar refractivity (Wildman–Crippen MR) is 114 cm³/mol. The van der Waals surface area contributed by atoms with Crippen LogP contribution >= 0.6 is 27.3 Å². The van der Waals surface area contributed by atoms with Crippen LogP contribution in [0.1, 0.15) is 44.9 Å². The average Bonchev–Trinajstić information content (AvgIpc) is 2.98. The monoisotopic (exact) mass is 436 g/mol. The van der Waals surface area contributed by atoms with E-state index in [1.54, 1.807) is 11.3 Å². The van der Waals surface area contributed by atoms with Crippen molar-refractivity contribution in [2.75, 3.05) is 11.9 Å². The van der Waals surface area contributed by atoms with Crippen molar-refractivity contribution in [3.8, 4) is 0 Å². The number of nitrogens with one attached hydrogen (secondary N) is 1. The molecule has 0 amide bonds. The van der Waals surface area contributed by atoms with Gasteiger partial charge in [0, 0.05) is 16.6 Å². The largest absolute Gasteiger partial charge is 0.405 e. The van der Waals surface area contributed by atoms with Crippen LogP contribution in [0.25, 0.3) is 10.2 Å². The number of fused-ring (bicyclic) bond motifs is 1. The standard InChI is InChI=1S/C19H25BrN4OS/c1-19(2,3)24-16-10-12(20)18-14(22-16)11-15(26-18)13(7-8-21)23-17-6-4-5-9-25-17/h7-8,10-11,17H,4-6,9,21H2,1-3H3,(H,22,24). The van der Waals surface area contributed by atoms with Gasteiger partial charge in [-0.25, -0.2) is 4.98 Å². The number of rotatable bonds is 4. The lowest BCUT2D eigenvalue weighted by Crippen LogP contribution is -2.26. The molecule has 1 fully saturated rings. The van der Waals surface area contributed by atoms with E-state index < -0.39 is 0 Å². The molecule has 0 radical (unpaired) electrons. The van der Waals surface area contributed by atoms with Gasteiger partial charge in [0.2, 0.25) is 0 Å². The average molecular weight is 437 g/mol. The molecule has 1 atom stereocenters. The van der Waals surface area contributed by atoms with Gasteiger partial charge in [0.1, 0.15) is 12.0 Å². The summed E-state index contributed by atoms with van der Waals surface area (Å²) in [7, 11) is 0. The third kappa shape index (κ3) is 4.84. The molecule has 1 aliphatic rings. The van der Waals surface area contributed by atoms with Crippen LogP contribution in [0.3, 0.4) is 0 Å². The minimum absolute atomic E-state index is 0.0494. The van der Waals surface area contributed by atoms with Crippen LogP contribution < -0.4 is 11.1 Å². The van der Waals surface area contributed by atoms with Crippen LogP contribution in [0.5, 0.6) is 0 Å². The Morgan fingerprint density at radius 3 is 2.88 bits per heavy atom. The second kappa shape index (κ2) is 8.06. The van der Waals surface area contributed by atoms with Gasteiger partial charge in [-0.2, -0.15) is 0 Å². The lowest BCUT2D eigenvalue weighted by atomic mass is 10.1. The van der Waals surface area contributed by atoms with Crippen LogP contribution in [0, 0.1) is 0 Å². The van der Waals surface area contributed by atoms with Crippen molar-refractivity contribution in [2.24, 2.45) is 10.7 Å². The minimum atomic E-state index is -0.0883. The van der Waals surface area contributed by atoms with Gasteiger partial charge in [0.05, 0.1) is 20.8 Å². The molecule has 140 valence electrons. The first-order chi connectivity index (χ1) is 12.4. The highest BCUT2D eigenvalue weighted by molar-refractivity contribution is 9.10. The number of nitrogens with two attached hydrogens (primary N) is 1. The zero-order valence-electron chi connectivity index (χ0n) is 15.4. The van der Waals surface area contributed by atoms with E-state index in [0.717, 1.165) is 57.0 Å². The van der Waals surface area contributed by atoms with Crippen molar-refractivity contribution in [1.82, 2.24) is 4.98 Å². The molecule has 2 aromatic heterocycles. The van der Waals surface area contributed by atoms with Gasteiger partial charge in [0.25, 0.3) is 0 Å². The molecule has 1 unspecified atom stereocenters. The van der Waals surface area contributed by atoms with E-state index in [2.05, 4.69) is 48.1 Å². The van der Waals surface area contributed by atoms with E-state index in [4.69, 9.17) is 20.4 Å². The Morgan fingerprint density at radius 1 is 1.42 bits per heavy atom. The molecule has 2 aromatic rings. The molecule has 3 N–H and O–H groups in total. The number of halogens is 1. The molecule has 0 aliphatic carbocycles. The van der Waals surface area contributed by atoms with E-state index in [-0.39, 0.29) is 11.8 Å². The SMILES string of the molecule is CC(C)(C)Nc1cc(Br)c2sc(C(C=CN)=NC3CCCCO3)cc2n1. The third-order valence-corrected chi connectivity index (χ3v) is 5.95. The third-order valence-electron chi connectivity index (χ3n) is 3.88. The highest BCUT2D eigenvalue weighted by Gasteiger charge is 2.17. The van der Waals surface area contributed by atoms with Crippen molar-refractivity contribution < 1.29 is 4.74 Å². The normalized spacial score (nSPS) is 19.4. The number of aromatic nitrogens is 1. The quantitative estimate of drug-likeness (QED) is 0.656. The molecular weight excluding hydrogens is 412 g/mol. The number of thiophene rings is 1. The smallest absolute Gasteiger partial charge is 0.149 e. The molecule has 3 rings (SSSR count). The first-order valence-electron chi connectivity index (χ1n) is 8.82. The van der Waals surface area contributed by atoms with Gasteiger partial charge in [-0.3, -0.25) is 4.99 Å². The van der Waals surface area contributed by atoms with Crippen molar-refractivity contribution >= 4 is 49.0 Å². The topological polar surface area (TPSA) is 72.5 Å². The van der Waals surface area contributed by atoms with Crippen molar-refractivity contribution in [3.63, 3.8) is 0 Å². The molecule has 5 nitrogen and oxygen atoms in total. The Hall–Kier alpha value is -1.44. The van der Waals surface area contributed by atoms with Gasteiger partial charge >= 0.3 is 0 Å². The second-order valence-corrected chi connectivity index (χ2v) is 9.29. The van der Waals surface area contributed by atoms with E-state index in [0.29, 0.717) is 0 Å². The van der Waals surface area contributed by atoms with Crippen LogP contribution in [0.15, 0.2) is 33.9 Å². The Bertz CT molecular complexity index is 832. The maximum Gasteiger partial charge on any atom is 0.149 e. The summed E-state index contributed by atoms with van der Waals surface area (Å²) in [4.78, 5) is 10.6. The van der Waals surface area contributed by atoms with Crippen LogP contribution in [0.2, 0.25) is 0 Å². The minimum Gasteiger partial charge on any atom is -0.405 e. The van der Waals surface area contributed by atoms with Gasteiger partial charge in [0.15, 0.2) is 0 Å². The van der Waals surface area contributed by atoms with E-state index in [9.17, 15) is 0 Å². The summed E-state index contributed by atoms with van der Waals surface area (Å²) in [6.45, 7) is 7.13. The molecular formula is C19H25BrN4OS. The number of anilines is 1. The van der Waals surface area contributed by atoms with Crippen LogP contribution in [-0.4, -0.2) is 29.1 Å². The fourth-order valence-electron chi connectivity index (χ4n) is 2.82. The lowest BCUT2D eigenvalue weighted by Gasteiger charge is -2.21. The van der Waals surface area contributed by atoms with Crippen LogP contribution in [0.4, 0.5) is 5.82 Å². The number of hydrogen-bond donors (Lipinski definition) is 2. The molecule has 0 spiro atoms. The Kier molecular flexibility index (Phi) is 5.99. The number of nitrogens with zero attached hydrogens (tertiary/aromatic N) is 2. The Labute approximate surface area is 166 Å². The second-order valence-electron chi connectivity index (χ2n) is 7.38. The maximum atomic E-state index is 5.76. The van der Waals surface area contributed by atoms with E-state index in [1.165, 1.54) is 6.20 Å². The highest BCUT2D eigenvalue weighted by atomic mass is 79.9. The summed E-state index contributed by atoms with van der Waals surface area (Å²) < 4.78 is 7.88. The molecule has 0 aromatic carbocycles. The van der Waals surface area contributed by atoms with E-state index >= 15 is 0 Å². The first kappa shape index (κ1) is 19.3. The molecule has 0 bridgehead atoms. The summed E-state index contributed by atoms with van der Waals surface area (Å²) >= 11 is 5.34. The predicted octanol–water partition coefficient (Wildman–Crippen LogP) is 5.06. The Morgan fingerprint density at radius 2 is 2.23 bits per heavy atom. The zero-order chi connectivity index (χ0) is 18.7. The fourth-order valence-corrected chi connectivity index (χ4v) is 4.46. The van der Waals surface area contributed by atoms with Gasteiger partial charge < -0.3 is 15.8 Å². The Balaban J connectivity index is 1.97. The lowest BCUT2D eigenvalue weighted by molar-refractivity contribution is 0.0225. The summed E-state index contributed by atoms with van der Waals surface area (Å²) in [5, 5.41) is 3.42. The van der Waals surface area contributed by atoms with Crippen molar-refractivity contribution in [3.05, 3.63) is 33.8 Å². The molecule has 26 heavy (non-hydrogen) atoms. The molecule has 7 heteroatoms. The highest BCUT2D eigenvalue weighted by Crippen LogP contribution is 2.34. The first-order valence-corrected chi connectivity index (χ1v) is 10.4. The van der Waals surface area contributed by atoms with Gasteiger partial charge in [-0.15, -0.1) is 11.3 Å². The van der Waals surface area contributed by atoms with Crippen molar-refractivity contribution in [1.29, 1.82) is 0 Å². The number of hydrogen-bond acceptors (Lipinski definition) is 6. The molecule has 0 saturated carbocycles. The van der Waals surface area contributed by atoms with Gasteiger partial charge in [-0.05, 0) is 80.4 Å². The summed E-state index contributed by atoms with van der Waals surface area (Å²) in [5.41, 5.74) is 7.39. The zero-order valence-corrected chi connectivity index (χ0v) is 17.8. The summed E-state index contributed by atoms with van der Waals surface area (Å²) in [6, 6.07) is 4.09. The molecule has 1 aliphatic heterocycles. The number of ether oxygens (including phenoxy) is 1. The van der Waals surface area contributed by atoms with E-state index in [1.807, 2.05) is 12.1 Å². The molecule has 1 saturated heterocycles. The molecule has 3 heterocycles. The number of pyridine rings is 1. The number of allylic oxidation sites excluding steroid dienone is 1. The maximum absolute atomic E-state index is 5.76. The summed E-state index contributed by atoms with van der Waals surface area (Å²) in [5.74, 6) is 0.852. The fraction of sp³-hybridized carbons (Fsp3) is 0.474. The summed E-state index contributed by atoms with van der Waals surface area (Å²) in [6.07, 6.45) is 6.49. The van der Waals surface area contributed by atoms with Gasteiger partial charge in [-0.1, -0.05) is 0 Å².